The molecule has 2 N–H and O–H groups in total. The van der Waals surface area contributed by atoms with Gasteiger partial charge in [-0.3, -0.25) is 9.59 Å². The van der Waals surface area contributed by atoms with Crippen LogP contribution in [0.25, 0.3) is 0 Å². The number of hydrogen-bond donors (Lipinski definition) is 2. The lowest BCUT2D eigenvalue weighted by Crippen LogP contribution is -2.21. The van der Waals surface area contributed by atoms with Crippen LogP contribution < -0.4 is 10.7 Å². The Morgan fingerprint density at radius 3 is 2.64 bits per heavy atom. The SMILES string of the molecule is CCCCC(=O)N/N=C(\C)CC(=O)Nc1ccc(C)c(Cl)c1. The lowest BCUT2D eigenvalue weighted by atomic mass is 10.2. The highest BCUT2D eigenvalue weighted by molar-refractivity contribution is 6.31. The van der Waals surface area contributed by atoms with Gasteiger partial charge in [0, 0.05) is 22.8 Å². The Morgan fingerprint density at radius 1 is 1.27 bits per heavy atom. The third-order valence-electron chi connectivity index (χ3n) is 3.00. The van der Waals surface area contributed by atoms with E-state index in [-0.39, 0.29) is 18.2 Å². The Kier molecular flexibility index (Phi) is 7.60. The number of hydrogen-bond acceptors (Lipinski definition) is 3. The molecule has 0 aliphatic carbocycles. The molecule has 0 heterocycles. The van der Waals surface area contributed by atoms with E-state index in [9.17, 15) is 9.59 Å². The molecule has 0 saturated carbocycles. The number of halogens is 1. The summed E-state index contributed by atoms with van der Waals surface area (Å²) in [6.45, 7) is 5.61. The number of aryl methyl sites for hydroxylation is 1. The fourth-order valence-corrected chi connectivity index (χ4v) is 1.88. The van der Waals surface area contributed by atoms with E-state index < -0.39 is 0 Å². The van der Waals surface area contributed by atoms with E-state index >= 15 is 0 Å². The Hall–Kier alpha value is -1.88. The van der Waals surface area contributed by atoms with Crippen molar-refractivity contribution in [2.75, 3.05) is 5.32 Å². The van der Waals surface area contributed by atoms with Crippen LogP contribution in [0.4, 0.5) is 5.69 Å². The molecule has 0 spiro atoms. The molecule has 1 aromatic rings. The van der Waals surface area contributed by atoms with Crippen LogP contribution in [-0.4, -0.2) is 17.5 Å². The molecule has 120 valence electrons. The van der Waals surface area contributed by atoms with Gasteiger partial charge in [-0.15, -0.1) is 0 Å². The first kappa shape index (κ1) is 18.2. The van der Waals surface area contributed by atoms with Crippen LogP contribution in [0.15, 0.2) is 23.3 Å². The van der Waals surface area contributed by atoms with Gasteiger partial charge in [0.25, 0.3) is 0 Å². The number of unbranched alkanes of at least 4 members (excludes halogenated alkanes) is 1. The number of amides is 2. The van der Waals surface area contributed by atoms with Crippen LogP contribution in [0.3, 0.4) is 0 Å². The van der Waals surface area contributed by atoms with Crippen LogP contribution in [0.1, 0.15) is 45.1 Å². The second-order valence-electron chi connectivity index (χ2n) is 5.17. The highest BCUT2D eigenvalue weighted by atomic mass is 35.5. The van der Waals surface area contributed by atoms with Gasteiger partial charge in [0.15, 0.2) is 0 Å². The first-order chi connectivity index (χ1) is 10.4. The minimum atomic E-state index is -0.205. The van der Waals surface area contributed by atoms with Crippen LogP contribution in [0.5, 0.6) is 0 Å². The molecular formula is C16H22ClN3O2. The maximum atomic E-state index is 11.9. The van der Waals surface area contributed by atoms with Crippen molar-refractivity contribution < 1.29 is 9.59 Å². The summed E-state index contributed by atoms with van der Waals surface area (Å²) in [6.07, 6.45) is 2.34. The van der Waals surface area contributed by atoms with E-state index in [0.29, 0.717) is 22.8 Å². The maximum Gasteiger partial charge on any atom is 0.240 e. The third-order valence-corrected chi connectivity index (χ3v) is 3.41. The number of carbonyl (C=O) groups excluding carboxylic acids is 2. The van der Waals surface area contributed by atoms with Gasteiger partial charge in [0.1, 0.15) is 0 Å². The summed E-state index contributed by atoms with van der Waals surface area (Å²) < 4.78 is 0. The summed E-state index contributed by atoms with van der Waals surface area (Å²) in [6, 6.07) is 5.33. The third kappa shape index (κ3) is 6.72. The molecule has 0 aliphatic rings. The van der Waals surface area contributed by atoms with Crippen molar-refractivity contribution in [3.63, 3.8) is 0 Å². The normalized spacial score (nSPS) is 11.2. The van der Waals surface area contributed by atoms with Crippen molar-refractivity contribution in [1.29, 1.82) is 0 Å². The van der Waals surface area contributed by atoms with E-state index in [1.54, 1.807) is 19.1 Å². The van der Waals surface area contributed by atoms with Crippen molar-refractivity contribution in [3.8, 4) is 0 Å². The topological polar surface area (TPSA) is 70.6 Å². The quantitative estimate of drug-likeness (QED) is 0.594. The molecule has 22 heavy (non-hydrogen) atoms. The summed E-state index contributed by atoms with van der Waals surface area (Å²) in [5, 5.41) is 7.27. The molecule has 0 atom stereocenters. The fourth-order valence-electron chi connectivity index (χ4n) is 1.70. The van der Waals surface area contributed by atoms with E-state index in [0.717, 1.165) is 18.4 Å². The minimum Gasteiger partial charge on any atom is -0.326 e. The van der Waals surface area contributed by atoms with Crippen LogP contribution in [0, 0.1) is 6.92 Å². The zero-order chi connectivity index (χ0) is 16.5. The lowest BCUT2D eigenvalue weighted by molar-refractivity contribution is -0.121. The minimum absolute atomic E-state index is 0.111. The molecule has 0 bridgehead atoms. The van der Waals surface area contributed by atoms with Gasteiger partial charge in [-0.2, -0.15) is 5.10 Å². The largest absolute Gasteiger partial charge is 0.326 e. The molecule has 6 heteroatoms. The molecule has 0 unspecified atom stereocenters. The van der Waals surface area contributed by atoms with Crippen molar-refractivity contribution in [1.82, 2.24) is 5.43 Å². The van der Waals surface area contributed by atoms with Gasteiger partial charge >= 0.3 is 0 Å². The van der Waals surface area contributed by atoms with Gasteiger partial charge in [-0.1, -0.05) is 31.0 Å². The van der Waals surface area contributed by atoms with Crippen molar-refractivity contribution in [2.45, 2.75) is 46.5 Å². The monoisotopic (exact) mass is 323 g/mol. The van der Waals surface area contributed by atoms with Gasteiger partial charge < -0.3 is 5.32 Å². The van der Waals surface area contributed by atoms with Crippen molar-refractivity contribution in [2.24, 2.45) is 5.10 Å². The zero-order valence-electron chi connectivity index (χ0n) is 13.2. The molecule has 0 aliphatic heterocycles. The summed E-state index contributed by atoms with van der Waals surface area (Å²) >= 11 is 6.01. The summed E-state index contributed by atoms with van der Waals surface area (Å²) in [5.74, 6) is -0.337. The van der Waals surface area contributed by atoms with Crippen LogP contribution in [-0.2, 0) is 9.59 Å². The number of rotatable bonds is 7. The molecule has 1 aromatic carbocycles. The standard InChI is InChI=1S/C16H22ClN3O2/c1-4-5-6-15(21)20-19-12(3)9-16(22)18-13-8-7-11(2)14(17)10-13/h7-8,10H,4-6,9H2,1-3H3,(H,18,22)(H,20,21)/b19-12+. The average Bonchev–Trinajstić information content (AvgIpc) is 2.46. The van der Waals surface area contributed by atoms with Crippen molar-refractivity contribution in [3.05, 3.63) is 28.8 Å². The molecule has 2 amide bonds. The maximum absolute atomic E-state index is 11.9. The lowest BCUT2D eigenvalue weighted by Gasteiger charge is -2.07. The van der Waals surface area contributed by atoms with Crippen LogP contribution >= 0.6 is 11.6 Å². The summed E-state index contributed by atoms with van der Waals surface area (Å²) in [5.41, 5.74) is 4.58. The van der Waals surface area contributed by atoms with E-state index in [1.807, 2.05) is 19.9 Å². The highest BCUT2D eigenvalue weighted by Gasteiger charge is 2.06. The number of carbonyl (C=O) groups is 2. The predicted molar refractivity (Wildman–Crippen MR) is 90.2 cm³/mol. The molecule has 0 saturated heterocycles. The van der Waals surface area contributed by atoms with Gasteiger partial charge in [0.2, 0.25) is 11.8 Å². The number of anilines is 1. The second-order valence-corrected chi connectivity index (χ2v) is 5.58. The molecule has 0 radical (unpaired) electrons. The molecule has 0 aromatic heterocycles. The Morgan fingerprint density at radius 2 is 2.00 bits per heavy atom. The molecule has 1 rings (SSSR count). The molecular weight excluding hydrogens is 302 g/mol. The highest BCUT2D eigenvalue weighted by Crippen LogP contribution is 2.19. The first-order valence-corrected chi connectivity index (χ1v) is 7.68. The average molecular weight is 324 g/mol. The Balaban J connectivity index is 2.46. The first-order valence-electron chi connectivity index (χ1n) is 7.30. The van der Waals surface area contributed by atoms with Gasteiger partial charge in [-0.05, 0) is 38.0 Å². The Labute approximate surface area is 136 Å². The van der Waals surface area contributed by atoms with E-state index in [1.165, 1.54) is 0 Å². The van der Waals surface area contributed by atoms with Gasteiger partial charge in [-0.25, -0.2) is 5.43 Å². The Bertz CT molecular complexity index is 571. The number of hydrazone groups is 1. The number of nitrogens with one attached hydrogen (secondary N) is 2. The molecule has 0 fully saturated rings. The molecule has 5 nitrogen and oxygen atoms in total. The summed E-state index contributed by atoms with van der Waals surface area (Å²) in [4.78, 5) is 23.3. The number of nitrogens with zero attached hydrogens (tertiary/aromatic N) is 1. The van der Waals surface area contributed by atoms with E-state index in [2.05, 4.69) is 15.8 Å². The smallest absolute Gasteiger partial charge is 0.240 e. The van der Waals surface area contributed by atoms with Crippen LogP contribution in [0.2, 0.25) is 5.02 Å². The predicted octanol–water partition coefficient (Wildman–Crippen LogP) is 3.66. The number of benzene rings is 1. The van der Waals surface area contributed by atoms with Crippen molar-refractivity contribution >= 4 is 34.8 Å². The summed E-state index contributed by atoms with van der Waals surface area (Å²) in [7, 11) is 0. The second kappa shape index (κ2) is 9.20. The zero-order valence-corrected chi connectivity index (χ0v) is 14.0. The fraction of sp³-hybridized carbons (Fsp3) is 0.438. The van der Waals surface area contributed by atoms with E-state index in [4.69, 9.17) is 11.6 Å². The van der Waals surface area contributed by atoms with Gasteiger partial charge in [0.05, 0.1) is 6.42 Å².